The molecule has 0 saturated carbocycles. The molecule has 2 heterocycles. The summed E-state index contributed by atoms with van der Waals surface area (Å²) in [6.45, 7) is 1.99. The fourth-order valence-electron chi connectivity index (χ4n) is 3.40. The minimum Gasteiger partial charge on any atom is -0.497 e. The van der Waals surface area contributed by atoms with Crippen molar-refractivity contribution in [1.82, 2.24) is 9.97 Å². The van der Waals surface area contributed by atoms with Gasteiger partial charge in [0.25, 0.3) is 0 Å². The average Bonchev–Trinajstić information content (AvgIpc) is 2.83. The molecule has 0 radical (unpaired) electrons. The second-order valence-corrected chi connectivity index (χ2v) is 6.98. The van der Waals surface area contributed by atoms with E-state index in [1.807, 2.05) is 61.5 Å². The standard InChI is InChI=1S/C24H19N3O5/c1-15-20(17-7-10-21-18(12-17)4-3-11-25-21)13-26-22(24(28)32-27-29)23(15)31-14-16-5-8-19(30-2)9-6-16/h3-13H,14H2,1-2H3. The number of rotatable bonds is 7. The third kappa shape index (κ3) is 4.24. The van der Waals surface area contributed by atoms with E-state index in [1.54, 1.807) is 19.5 Å². The van der Waals surface area contributed by atoms with Crippen LogP contribution in [-0.2, 0) is 11.4 Å². The van der Waals surface area contributed by atoms with E-state index in [4.69, 9.17) is 9.47 Å². The maximum atomic E-state index is 12.3. The van der Waals surface area contributed by atoms with Crippen molar-refractivity contribution in [1.29, 1.82) is 0 Å². The normalized spacial score (nSPS) is 10.6. The lowest BCUT2D eigenvalue weighted by Crippen LogP contribution is -2.10. The van der Waals surface area contributed by atoms with Gasteiger partial charge in [-0.2, -0.15) is 0 Å². The van der Waals surface area contributed by atoms with E-state index >= 15 is 0 Å². The SMILES string of the molecule is COc1ccc(COc2c(C(=O)ON=O)ncc(-c3ccc4ncccc4c3)c2C)cc1. The van der Waals surface area contributed by atoms with Gasteiger partial charge in [0.1, 0.15) is 12.4 Å². The van der Waals surface area contributed by atoms with Gasteiger partial charge in [-0.25, -0.2) is 9.78 Å². The third-order valence-corrected chi connectivity index (χ3v) is 5.05. The van der Waals surface area contributed by atoms with Crippen molar-refractivity contribution in [2.24, 2.45) is 5.34 Å². The molecule has 0 bridgehead atoms. The van der Waals surface area contributed by atoms with Gasteiger partial charge >= 0.3 is 5.97 Å². The monoisotopic (exact) mass is 429 g/mol. The molecule has 32 heavy (non-hydrogen) atoms. The molecule has 0 spiro atoms. The molecule has 0 aliphatic rings. The Morgan fingerprint density at radius 3 is 2.62 bits per heavy atom. The average molecular weight is 429 g/mol. The Bertz CT molecular complexity index is 1290. The maximum absolute atomic E-state index is 12.3. The van der Waals surface area contributed by atoms with E-state index in [0.717, 1.165) is 33.3 Å². The largest absolute Gasteiger partial charge is 0.497 e. The fourth-order valence-corrected chi connectivity index (χ4v) is 3.40. The van der Waals surface area contributed by atoms with Gasteiger partial charge in [0.05, 0.1) is 12.6 Å². The van der Waals surface area contributed by atoms with Crippen LogP contribution in [0.2, 0.25) is 0 Å². The van der Waals surface area contributed by atoms with Crippen LogP contribution in [0, 0.1) is 11.8 Å². The second-order valence-electron chi connectivity index (χ2n) is 6.98. The topological polar surface area (TPSA) is 100.0 Å². The number of ether oxygens (including phenoxy) is 2. The van der Waals surface area contributed by atoms with Gasteiger partial charge in [-0.3, -0.25) is 9.82 Å². The molecule has 0 aliphatic carbocycles. The quantitative estimate of drug-likeness (QED) is 0.300. The smallest absolute Gasteiger partial charge is 0.391 e. The number of hydrogen-bond donors (Lipinski definition) is 0. The molecular weight excluding hydrogens is 410 g/mol. The minimum absolute atomic E-state index is 0.123. The van der Waals surface area contributed by atoms with Crippen molar-refractivity contribution in [3.05, 3.63) is 88.7 Å². The molecule has 0 saturated heterocycles. The highest BCUT2D eigenvalue weighted by atomic mass is 16.7. The van der Waals surface area contributed by atoms with E-state index in [0.29, 0.717) is 5.56 Å². The van der Waals surface area contributed by atoms with Crippen LogP contribution in [-0.4, -0.2) is 23.0 Å². The summed E-state index contributed by atoms with van der Waals surface area (Å²) in [7, 11) is 1.59. The van der Waals surface area contributed by atoms with Crippen LogP contribution in [0.3, 0.4) is 0 Å². The molecule has 4 rings (SSSR count). The van der Waals surface area contributed by atoms with Gasteiger partial charge in [0.2, 0.25) is 0 Å². The number of methoxy groups -OCH3 is 1. The predicted molar refractivity (Wildman–Crippen MR) is 118 cm³/mol. The number of pyridine rings is 2. The summed E-state index contributed by atoms with van der Waals surface area (Å²) in [5.74, 6) is -0.0407. The highest BCUT2D eigenvalue weighted by Crippen LogP contribution is 2.34. The summed E-state index contributed by atoms with van der Waals surface area (Å²) in [5, 5.41) is 3.19. The first-order valence-electron chi connectivity index (χ1n) is 9.75. The molecular formula is C24H19N3O5. The van der Waals surface area contributed by atoms with Gasteiger partial charge in [-0.15, -0.1) is 4.91 Å². The lowest BCUT2D eigenvalue weighted by Gasteiger charge is -2.15. The Kier molecular flexibility index (Phi) is 6.03. The number of carbonyl (C=O) groups excluding carboxylic acids is 1. The van der Waals surface area contributed by atoms with Crippen LogP contribution >= 0.6 is 0 Å². The van der Waals surface area contributed by atoms with E-state index in [9.17, 15) is 9.70 Å². The van der Waals surface area contributed by atoms with Crippen LogP contribution in [0.15, 0.2) is 72.3 Å². The van der Waals surface area contributed by atoms with Gasteiger partial charge in [0, 0.05) is 28.9 Å². The van der Waals surface area contributed by atoms with Crippen molar-refractivity contribution < 1.29 is 19.1 Å². The molecule has 160 valence electrons. The van der Waals surface area contributed by atoms with Gasteiger partial charge < -0.3 is 9.47 Å². The molecule has 8 nitrogen and oxygen atoms in total. The van der Waals surface area contributed by atoms with E-state index in [-0.39, 0.29) is 18.1 Å². The van der Waals surface area contributed by atoms with Crippen molar-refractivity contribution in [2.45, 2.75) is 13.5 Å². The summed E-state index contributed by atoms with van der Waals surface area (Å²) < 4.78 is 11.2. The number of hydrogen-bond acceptors (Lipinski definition) is 8. The van der Waals surface area contributed by atoms with Crippen molar-refractivity contribution in [2.75, 3.05) is 7.11 Å². The number of benzene rings is 2. The molecule has 0 fully saturated rings. The number of carbonyl (C=O) groups is 1. The first-order chi connectivity index (χ1) is 15.6. The van der Waals surface area contributed by atoms with Crippen LogP contribution in [0.25, 0.3) is 22.0 Å². The molecule has 0 unspecified atom stereocenters. The molecule has 8 heteroatoms. The summed E-state index contributed by atoms with van der Waals surface area (Å²) in [5.41, 5.74) is 3.95. The van der Waals surface area contributed by atoms with Crippen molar-refractivity contribution >= 4 is 16.9 Å². The third-order valence-electron chi connectivity index (χ3n) is 5.05. The van der Waals surface area contributed by atoms with E-state index in [2.05, 4.69) is 20.1 Å². The van der Waals surface area contributed by atoms with Gasteiger partial charge in [0.15, 0.2) is 16.8 Å². The lowest BCUT2D eigenvalue weighted by atomic mass is 9.99. The Hall–Kier alpha value is -4.33. The highest BCUT2D eigenvalue weighted by molar-refractivity contribution is 5.92. The van der Waals surface area contributed by atoms with Crippen molar-refractivity contribution in [3.63, 3.8) is 0 Å². The summed E-state index contributed by atoms with van der Waals surface area (Å²) in [6, 6.07) is 17.0. The molecule has 4 aromatic rings. The Morgan fingerprint density at radius 2 is 1.88 bits per heavy atom. The molecule has 0 atom stereocenters. The molecule has 0 N–H and O–H groups in total. The number of nitrogens with zero attached hydrogens (tertiary/aromatic N) is 3. The summed E-state index contributed by atoms with van der Waals surface area (Å²) in [6.07, 6.45) is 3.29. The minimum atomic E-state index is -0.984. The zero-order chi connectivity index (χ0) is 22.5. The first-order valence-corrected chi connectivity index (χ1v) is 9.75. The Balaban J connectivity index is 1.73. The number of aromatic nitrogens is 2. The van der Waals surface area contributed by atoms with Crippen LogP contribution in [0.5, 0.6) is 11.5 Å². The summed E-state index contributed by atoms with van der Waals surface area (Å²) >= 11 is 0. The first kappa shape index (κ1) is 20.9. The van der Waals surface area contributed by atoms with Gasteiger partial charge in [-0.1, -0.05) is 24.3 Å². The van der Waals surface area contributed by atoms with E-state index in [1.165, 1.54) is 0 Å². The highest BCUT2D eigenvalue weighted by Gasteiger charge is 2.22. The van der Waals surface area contributed by atoms with Crippen molar-refractivity contribution in [3.8, 4) is 22.6 Å². The predicted octanol–water partition coefficient (Wildman–Crippen LogP) is 5.03. The second kappa shape index (κ2) is 9.22. The molecule has 2 aromatic carbocycles. The zero-order valence-electron chi connectivity index (χ0n) is 17.4. The molecule has 0 amide bonds. The summed E-state index contributed by atoms with van der Waals surface area (Å²) in [4.78, 5) is 35.5. The fraction of sp³-hybridized carbons (Fsp3) is 0.125. The Labute approximate surface area is 183 Å². The van der Waals surface area contributed by atoms with Gasteiger partial charge in [-0.05, 0) is 48.4 Å². The molecule has 0 aliphatic heterocycles. The van der Waals surface area contributed by atoms with Crippen LogP contribution in [0.4, 0.5) is 0 Å². The van der Waals surface area contributed by atoms with E-state index < -0.39 is 5.97 Å². The maximum Gasteiger partial charge on any atom is 0.391 e. The van der Waals surface area contributed by atoms with Crippen LogP contribution in [0.1, 0.15) is 21.6 Å². The van der Waals surface area contributed by atoms with Crippen LogP contribution < -0.4 is 9.47 Å². The lowest BCUT2D eigenvalue weighted by molar-refractivity contribution is 0.0495. The number of fused-ring (bicyclic) bond motifs is 1. The zero-order valence-corrected chi connectivity index (χ0v) is 17.4. The Morgan fingerprint density at radius 1 is 1.06 bits per heavy atom. The molecule has 2 aromatic heterocycles.